The first-order valence-corrected chi connectivity index (χ1v) is 17.6. The number of fused-ring (bicyclic) bond motifs is 2. The normalized spacial score (nSPS) is 16.5. The highest BCUT2D eigenvalue weighted by molar-refractivity contribution is 8.27. The van der Waals surface area contributed by atoms with E-state index in [4.69, 9.17) is 33.9 Å². The molecule has 4 heterocycles. The van der Waals surface area contributed by atoms with Crippen molar-refractivity contribution < 1.29 is 28.7 Å². The predicted molar refractivity (Wildman–Crippen MR) is 202 cm³/mol. The molecule has 0 saturated carbocycles. The second-order valence-corrected chi connectivity index (χ2v) is 14.7. The van der Waals surface area contributed by atoms with Gasteiger partial charge >= 0.3 is 0 Å². The minimum atomic E-state index is -0.347. The number of benzene rings is 3. The lowest BCUT2D eigenvalue weighted by molar-refractivity contribution is -0.123. The van der Waals surface area contributed by atoms with Gasteiger partial charge in [0.2, 0.25) is 0 Å². The number of ether oxygens (including phenoxy) is 2. The van der Waals surface area contributed by atoms with Crippen LogP contribution in [0.5, 0.6) is 11.5 Å². The number of amides is 2. The first-order valence-electron chi connectivity index (χ1n) is 15.1. The molecule has 250 valence electrons. The quantitative estimate of drug-likeness (QED) is 0.0887. The summed E-state index contributed by atoms with van der Waals surface area (Å²) in [7, 11) is 3.11. The van der Waals surface area contributed by atoms with Crippen LogP contribution in [0.3, 0.4) is 0 Å². The summed E-state index contributed by atoms with van der Waals surface area (Å²) in [4.78, 5) is 62.6. The number of thiocarbonyl (C=S) groups is 2. The summed E-state index contributed by atoms with van der Waals surface area (Å²) in [5, 5.41) is 1.40. The van der Waals surface area contributed by atoms with E-state index in [-0.39, 0.29) is 46.3 Å². The molecule has 2 N–H and O–H groups in total. The summed E-state index contributed by atoms with van der Waals surface area (Å²) in [5.41, 5.74) is 4.05. The third kappa shape index (κ3) is 6.38. The van der Waals surface area contributed by atoms with Crippen LogP contribution >= 0.6 is 48.0 Å². The van der Waals surface area contributed by atoms with Gasteiger partial charge in [0.25, 0.3) is 11.8 Å². The van der Waals surface area contributed by atoms with Crippen molar-refractivity contribution in [3.05, 3.63) is 117 Å². The zero-order valence-corrected chi connectivity index (χ0v) is 29.7. The van der Waals surface area contributed by atoms with Gasteiger partial charge in [-0.2, -0.15) is 0 Å². The summed E-state index contributed by atoms with van der Waals surface area (Å²) in [6, 6.07) is 18.2. The van der Waals surface area contributed by atoms with E-state index in [0.29, 0.717) is 42.0 Å². The zero-order valence-electron chi connectivity index (χ0n) is 26.5. The topological polar surface area (TPSA) is 125 Å². The number of allylic oxidation sites excluding steroid dienone is 2. The summed E-state index contributed by atoms with van der Waals surface area (Å²) in [5.74, 6) is -0.0872. The standard InChI is InChI=1S/C36H26N4O6S4/c1-45-21-7-9-27-23(11-21)25(15-37-27)29(41)13-31-33(43)39(35(47)49-31)17-19-3-5-20(6-4-19)18-40-34(44)32(50-36(40)48)14-30(42)26-16-38-28-10-8-22(46-2)12-24(26)28/h3-16,37-38H,17-18H2,1-2H3/b31-13-,32-14-. The Morgan fingerprint density at radius 3 is 1.46 bits per heavy atom. The van der Waals surface area contributed by atoms with Crippen LogP contribution in [0.15, 0.2) is 95.0 Å². The van der Waals surface area contributed by atoms with E-state index in [1.54, 1.807) is 50.9 Å². The molecule has 10 nitrogen and oxygen atoms in total. The fraction of sp³-hybridized carbons (Fsp3) is 0.111. The van der Waals surface area contributed by atoms with Crippen molar-refractivity contribution in [1.29, 1.82) is 0 Å². The van der Waals surface area contributed by atoms with E-state index >= 15 is 0 Å². The smallest absolute Gasteiger partial charge is 0.266 e. The fourth-order valence-corrected chi connectivity index (χ4v) is 8.09. The molecule has 50 heavy (non-hydrogen) atoms. The Balaban J connectivity index is 0.999. The molecule has 3 aromatic carbocycles. The van der Waals surface area contributed by atoms with Gasteiger partial charge in [0.15, 0.2) is 11.6 Å². The number of hydrogen-bond donors (Lipinski definition) is 2. The van der Waals surface area contributed by atoms with Crippen molar-refractivity contribution in [2.75, 3.05) is 14.2 Å². The Bertz CT molecular complexity index is 2180. The summed E-state index contributed by atoms with van der Waals surface area (Å²) in [6.45, 7) is 0.429. The third-order valence-corrected chi connectivity index (χ3v) is 11.0. The molecule has 2 aromatic heterocycles. The van der Waals surface area contributed by atoms with Crippen LogP contribution in [0, 0.1) is 0 Å². The molecular formula is C36H26N4O6S4. The number of carbonyl (C=O) groups excluding carboxylic acids is 4. The van der Waals surface area contributed by atoms with E-state index in [2.05, 4.69) is 9.97 Å². The van der Waals surface area contributed by atoms with E-state index in [1.807, 2.05) is 36.4 Å². The molecule has 0 atom stereocenters. The second-order valence-electron chi connectivity index (χ2n) is 11.3. The number of rotatable bonds is 10. The van der Waals surface area contributed by atoms with Crippen LogP contribution in [0.1, 0.15) is 31.8 Å². The Hall–Kier alpha value is -5.02. The number of hydrogen-bond acceptors (Lipinski definition) is 10. The van der Waals surface area contributed by atoms with Crippen LogP contribution < -0.4 is 9.47 Å². The van der Waals surface area contributed by atoms with E-state index in [0.717, 1.165) is 45.7 Å². The SMILES string of the molecule is COc1ccc2[nH]cc(C(=O)/C=C3\SC(=S)N(Cc4ccc(CN5C(=O)/C(=C/C(=O)c6c[nH]c7ccc(OC)cc67)SC5=S)cc4)C3=O)c2c1. The molecule has 0 radical (unpaired) electrons. The van der Waals surface area contributed by atoms with Crippen molar-refractivity contribution >= 4 is 102 Å². The molecule has 0 aliphatic carbocycles. The average Bonchev–Trinajstić information content (AvgIpc) is 3.87. The van der Waals surface area contributed by atoms with Crippen LogP contribution in [0.4, 0.5) is 0 Å². The van der Waals surface area contributed by atoms with Crippen LogP contribution in [0.2, 0.25) is 0 Å². The van der Waals surface area contributed by atoms with Gasteiger partial charge in [-0.15, -0.1) is 0 Å². The maximum Gasteiger partial charge on any atom is 0.266 e. The number of ketones is 2. The van der Waals surface area contributed by atoms with Gasteiger partial charge in [0.05, 0.1) is 37.1 Å². The van der Waals surface area contributed by atoms with E-state index < -0.39 is 0 Å². The highest BCUT2D eigenvalue weighted by Gasteiger charge is 2.34. The average molecular weight is 739 g/mol. The number of nitrogens with zero attached hydrogens (tertiary/aromatic N) is 2. The van der Waals surface area contributed by atoms with Crippen molar-refractivity contribution in [2.24, 2.45) is 0 Å². The molecule has 2 aliphatic heterocycles. The van der Waals surface area contributed by atoms with Crippen molar-refractivity contribution in [2.45, 2.75) is 13.1 Å². The predicted octanol–water partition coefficient (Wildman–Crippen LogP) is 6.92. The largest absolute Gasteiger partial charge is 0.497 e. The van der Waals surface area contributed by atoms with Crippen LogP contribution in [-0.2, 0) is 22.7 Å². The molecule has 7 rings (SSSR count). The first-order chi connectivity index (χ1) is 24.1. The summed E-state index contributed by atoms with van der Waals surface area (Å²) in [6.07, 6.45) is 5.89. The summed E-state index contributed by atoms with van der Waals surface area (Å²) < 4.78 is 11.3. The Labute approximate surface area is 304 Å². The van der Waals surface area contributed by atoms with Crippen molar-refractivity contribution in [3.8, 4) is 11.5 Å². The molecule has 2 saturated heterocycles. The molecule has 0 unspecified atom stereocenters. The highest BCUT2D eigenvalue weighted by atomic mass is 32.2. The lowest BCUT2D eigenvalue weighted by Gasteiger charge is -2.16. The fourth-order valence-electron chi connectivity index (χ4n) is 5.64. The Morgan fingerprint density at radius 2 is 1.08 bits per heavy atom. The van der Waals surface area contributed by atoms with Crippen molar-refractivity contribution in [3.63, 3.8) is 0 Å². The molecule has 14 heteroatoms. The molecule has 5 aromatic rings. The lowest BCUT2D eigenvalue weighted by atomic mass is 10.1. The minimum absolute atomic E-state index is 0.215. The van der Waals surface area contributed by atoms with Gasteiger partial charge < -0.3 is 19.4 Å². The summed E-state index contributed by atoms with van der Waals surface area (Å²) >= 11 is 13.2. The van der Waals surface area contributed by atoms with Crippen LogP contribution in [0.25, 0.3) is 21.8 Å². The second kappa shape index (κ2) is 13.7. The molecular weight excluding hydrogens is 713 g/mol. The molecule has 2 fully saturated rings. The van der Waals surface area contributed by atoms with Gasteiger partial charge in [-0.1, -0.05) is 72.2 Å². The molecule has 0 spiro atoms. The number of methoxy groups -OCH3 is 2. The van der Waals surface area contributed by atoms with E-state index in [9.17, 15) is 19.2 Å². The number of aromatic nitrogens is 2. The third-order valence-electron chi connectivity index (χ3n) is 8.28. The monoisotopic (exact) mass is 738 g/mol. The zero-order chi connectivity index (χ0) is 35.1. The van der Waals surface area contributed by atoms with Crippen molar-refractivity contribution in [1.82, 2.24) is 19.8 Å². The Morgan fingerprint density at radius 1 is 0.680 bits per heavy atom. The van der Waals surface area contributed by atoms with Gasteiger partial charge in [0, 0.05) is 57.5 Å². The molecule has 0 bridgehead atoms. The van der Waals surface area contributed by atoms with E-state index in [1.165, 1.54) is 22.0 Å². The van der Waals surface area contributed by atoms with Gasteiger partial charge in [-0.05, 0) is 47.5 Å². The molecule has 2 amide bonds. The highest BCUT2D eigenvalue weighted by Crippen LogP contribution is 2.35. The first kappa shape index (κ1) is 33.5. The maximum atomic E-state index is 13.3. The number of carbonyl (C=O) groups is 4. The van der Waals surface area contributed by atoms with Gasteiger partial charge in [0.1, 0.15) is 20.1 Å². The number of H-pyrrole nitrogens is 2. The van der Waals surface area contributed by atoms with Gasteiger partial charge in [-0.3, -0.25) is 29.0 Å². The lowest BCUT2D eigenvalue weighted by Crippen LogP contribution is -2.28. The number of thioether (sulfide) groups is 2. The number of aromatic amines is 2. The minimum Gasteiger partial charge on any atom is -0.497 e. The number of nitrogens with one attached hydrogen (secondary N) is 2. The maximum absolute atomic E-state index is 13.3. The van der Waals surface area contributed by atoms with Gasteiger partial charge in [-0.25, -0.2) is 0 Å². The molecule has 2 aliphatic rings. The Kier molecular flexibility index (Phi) is 9.18. The van der Waals surface area contributed by atoms with Crippen LogP contribution in [-0.4, -0.2) is 66.0 Å².